The zero-order chi connectivity index (χ0) is 12.5. The maximum Gasteiger partial charge on any atom is 0.147 e. The van der Waals surface area contributed by atoms with Crippen molar-refractivity contribution < 1.29 is 5.11 Å². The summed E-state index contributed by atoms with van der Waals surface area (Å²) in [5, 5.41) is 9.66. The molecule has 0 radical (unpaired) electrons. The molecule has 17 heavy (non-hydrogen) atoms. The van der Waals surface area contributed by atoms with Crippen molar-refractivity contribution in [2.45, 2.75) is 33.3 Å². The highest BCUT2D eigenvalue weighted by molar-refractivity contribution is 6.33. The molecule has 2 rings (SSSR count). The van der Waals surface area contributed by atoms with E-state index in [2.05, 4.69) is 23.7 Å². The molecule has 1 aliphatic rings. The highest BCUT2D eigenvalue weighted by Crippen LogP contribution is 2.33. The van der Waals surface area contributed by atoms with E-state index in [1.807, 2.05) is 0 Å². The van der Waals surface area contributed by atoms with Crippen LogP contribution in [-0.2, 0) is 6.61 Å². The standard InChI is InChI=1S/C13H19ClN2O/c1-13(2)3-5-16(6-4-13)12-11(14)7-10(9-17)8-15-12/h7-8,17H,3-6,9H2,1-2H3. The molecule has 1 N–H and O–H groups in total. The molecule has 0 aliphatic carbocycles. The van der Waals surface area contributed by atoms with Crippen molar-refractivity contribution in [2.24, 2.45) is 5.41 Å². The van der Waals surface area contributed by atoms with Gasteiger partial charge in [0.25, 0.3) is 0 Å². The van der Waals surface area contributed by atoms with Gasteiger partial charge in [0.2, 0.25) is 0 Å². The molecule has 0 saturated carbocycles. The van der Waals surface area contributed by atoms with Crippen molar-refractivity contribution in [1.82, 2.24) is 4.98 Å². The molecule has 1 saturated heterocycles. The quantitative estimate of drug-likeness (QED) is 0.882. The summed E-state index contributed by atoms with van der Waals surface area (Å²) in [4.78, 5) is 6.59. The number of hydrogen-bond donors (Lipinski definition) is 1. The normalized spacial score (nSPS) is 19.4. The lowest BCUT2D eigenvalue weighted by molar-refractivity contribution is 0.278. The zero-order valence-corrected chi connectivity index (χ0v) is 11.2. The summed E-state index contributed by atoms with van der Waals surface area (Å²) in [6.07, 6.45) is 4.01. The second kappa shape index (κ2) is 4.83. The van der Waals surface area contributed by atoms with Crippen LogP contribution in [0.1, 0.15) is 32.3 Å². The average Bonchev–Trinajstić information content (AvgIpc) is 2.29. The first kappa shape index (κ1) is 12.7. The SMILES string of the molecule is CC1(C)CCN(c2ncc(CO)cc2Cl)CC1. The Kier molecular flexibility index (Phi) is 3.59. The van der Waals surface area contributed by atoms with Gasteiger partial charge in [-0.2, -0.15) is 0 Å². The Morgan fingerprint density at radius 3 is 2.59 bits per heavy atom. The van der Waals surface area contributed by atoms with Gasteiger partial charge >= 0.3 is 0 Å². The first-order valence-electron chi connectivity index (χ1n) is 6.02. The Morgan fingerprint density at radius 1 is 1.41 bits per heavy atom. The number of aromatic nitrogens is 1. The predicted octanol–water partition coefficient (Wildman–Crippen LogP) is 2.85. The minimum atomic E-state index is -0.0139. The van der Waals surface area contributed by atoms with Crippen LogP contribution in [0.2, 0.25) is 5.02 Å². The van der Waals surface area contributed by atoms with Crippen LogP contribution in [-0.4, -0.2) is 23.2 Å². The van der Waals surface area contributed by atoms with Crippen LogP contribution in [0.3, 0.4) is 0 Å². The van der Waals surface area contributed by atoms with Crippen LogP contribution in [0.25, 0.3) is 0 Å². The second-order valence-corrected chi connectivity index (χ2v) is 5.87. The fraction of sp³-hybridized carbons (Fsp3) is 0.615. The Hall–Kier alpha value is -0.800. The number of nitrogens with zero attached hydrogens (tertiary/aromatic N) is 2. The molecule has 0 amide bonds. The topological polar surface area (TPSA) is 36.4 Å². The van der Waals surface area contributed by atoms with E-state index in [4.69, 9.17) is 16.7 Å². The molecular weight excluding hydrogens is 236 g/mol. The van der Waals surface area contributed by atoms with Crippen LogP contribution in [0.15, 0.2) is 12.3 Å². The molecule has 1 aromatic heterocycles. The highest BCUT2D eigenvalue weighted by atomic mass is 35.5. The minimum Gasteiger partial charge on any atom is -0.392 e. The first-order valence-corrected chi connectivity index (χ1v) is 6.40. The van der Waals surface area contributed by atoms with Gasteiger partial charge in [0.05, 0.1) is 11.6 Å². The van der Waals surface area contributed by atoms with Crippen molar-refractivity contribution in [2.75, 3.05) is 18.0 Å². The van der Waals surface area contributed by atoms with Crippen LogP contribution in [0.4, 0.5) is 5.82 Å². The summed E-state index contributed by atoms with van der Waals surface area (Å²) >= 11 is 6.20. The third-order valence-corrected chi connectivity index (χ3v) is 3.76. The Labute approximate surface area is 107 Å². The summed E-state index contributed by atoms with van der Waals surface area (Å²) < 4.78 is 0. The fourth-order valence-corrected chi connectivity index (χ4v) is 2.42. The molecule has 1 fully saturated rings. The summed E-state index contributed by atoms with van der Waals surface area (Å²) in [6.45, 7) is 6.58. The fourth-order valence-electron chi connectivity index (χ4n) is 2.11. The molecule has 3 nitrogen and oxygen atoms in total. The van der Waals surface area contributed by atoms with Crippen LogP contribution in [0, 0.1) is 5.41 Å². The Morgan fingerprint density at radius 2 is 2.06 bits per heavy atom. The van der Waals surface area contributed by atoms with Gasteiger partial charge in [-0.3, -0.25) is 0 Å². The van der Waals surface area contributed by atoms with E-state index in [-0.39, 0.29) is 6.61 Å². The molecule has 94 valence electrons. The highest BCUT2D eigenvalue weighted by Gasteiger charge is 2.26. The number of aliphatic hydroxyl groups excluding tert-OH is 1. The summed E-state index contributed by atoms with van der Waals surface area (Å²) in [7, 11) is 0. The lowest BCUT2D eigenvalue weighted by atomic mass is 9.83. The van der Waals surface area contributed by atoms with Crippen molar-refractivity contribution in [3.8, 4) is 0 Å². The van der Waals surface area contributed by atoms with E-state index in [1.165, 1.54) is 0 Å². The number of piperidine rings is 1. The van der Waals surface area contributed by atoms with E-state index < -0.39 is 0 Å². The molecule has 1 aliphatic heterocycles. The molecule has 2 heterocycles. The lowest BCUT2D eigenvalue weighted by Gasteiger charge is -2.37. The molecule has 4 heteroatoms. The van der Waals surface area contributed by atoms with Gasteiger partial charge in [-0.1, -0.05) is 25.4 Å². The number of aliphatic hydroxyl groups is 1. The molecule has 0 aromatic carbocycles. The van der Waals surface area contributed by atoms with Crippen LogP contribution < -0.4 is 4.90 Å². The molecule has 0 atom stereocenters. The molecule has 0 unspecified atom stereocenters. The number of rotatable bonds is 2. The molecule has 0 bridgehead atoms. The van der Waals surface area contributed by atoms with Gasteiger partial charge in [0.1, 0.15) is 5.82 Å². The van der Waals surface area contributed by atoms with Gasteiger partial charge in [-0.05, 0) is 29.9 Å². The zero-order valence-electron chi connectivity index (χ0n) is 10.4. The Bertz CT molecular complexity index is 396. The molecule has 1 aromatic rings. The first-order chi connectivity index (χ1) is 8.02. The van der Waals surface area contributed by atoms with Crippen molar-refractivity contribution >= 4 is 17.4 Å². The smallest absolute Gasteiger partial charge is 0.147 e. The van der Waals surface area contributed by atoms with E-state index in [0.717, 1.165) is 37.3 Å². The summed E-state index contributed by atoms with van der Waals surface area (Å²) in [6, 6.07) is 1.80. The van der Waals surface area contributed by atoms with E-state index >= 15 is 0 Å². The predicted molar refractivity (Wildman–Crippen MR) is 70.4 cm³/mol. The molecular formula is C13H19ClN2O. The largest absolute Gasteiger partial charge is 0.392 e. The van der Waals surface area contributed by atoms with Gasteiger partial charge in [-0.25, -0.2) is 4.98 Å². The number of anilines is 1. The van der Waals surface area contributed by atoms with Gasteiger partial charge in [0.15, 0.2) is 0 Å². The lowest BCUT2D eigenvalue weighted by Crippen LogP contribution is -2.37. The third-order valence-electron chi connectivity index (χ3n) is 3.48. The summed E-state index contributed by atoms with van der Waals surface area (Å²) in [5.41, 5.74) is 1.18. The van der Waals surface area contributed by atoms with Gasteiger partial charge in [-0.15, -0.1) is 0 Å². The van der Waals surface area contributed by atoms with E-state index in [9.17, 15) is 0 Å². The average molecular weight is 255 g/mol. The Balaban J connectivity index is 2.13. The molecule has 0 spiro atoms. The van der Waals surface area contributed by atoms with Crippen molar-refractivity contribution in [3.05, 3.63) is 22.8 Å². The van der Waals surface area contributed by atoms with Crippen LogP contribution in [0.5, 0.6) is 0 Å². The van der Waals surface area contributed by atoms with Crippen molar-refractivity contribution in [3.63, 3.8) is 0 Å². The monoisotopic (exact) mass is 254 g/mol. The number of pyridine rings is 1. The minimum absolute atomic E-state index is 0.0139. The second-order valence-electron chi connectivity index (χ2n) is 5.46. The summed E-state index contributed by atoms with van der Waals surface area (Å²) in [5.74, 6) is 0.847. The maximum atomic E-state index is 9.02. The van der Waals surface area contributed by atoms with E-state index in [0.29, 0.717) is 10.4 Å². The van der Waals surface area contributed by atoms with Crippen molar-refractivity contribution in [1.29, 1.82) is 0 Å². The van der Waals surface area contributed by atoms with Gasteiger partial charge in [0, 0.05) is 19.3 Å². The third kappa shape index (κ3) is 2.90. The number of hydrogen-bond acceptors (Lipinski definition) is 3. The maximum absolute atomic E-state index is 9.02. The van der Waals surface area contributed by atoms with Crippen LogP contribution >= 0.6 is 11.6 Å². The number of halogens is 1. The van der Waals surface area contributed by atoms with Gasteiger partial charge < -0.3 is 10.0 Å². The van der Waals surface area contributed by atoms with E-state index in [1.54, 1.807) is 12.3 Å².